The fourth-order valence-electron chi connectivity index (χ4n) is 2.84. The lowest BCUT2D eigenvalue weighted by Crippen LogP contribution is -2.48. The Bertz CT molecular complexity index is 752. The first kappa shape index (κ1) is 18.0. The third-order valence-corrected chi connectivity index (χ3v) is 4.28. The minimum absolute atomic E-state index is 0.0135. The second kappa shape index (κ2) is 8.07. The molecule has 138 valence electrons. The van der Waals surface area contributed by atoms with E-state index in [1.54, 1.807) is 18.6 Å². The molecule has 0 saturated carbocycles. The van der Waals surface area contributed by atoms with Gasteiger partial charge in [0.15, 0.2) is 17.7 Å². The molecule has 1 aliphatic heterocycles. The van der Waals surface area contributed by atoms with E-state index in [0.29, 0.717) is 0 Å². The van der Waals surface area contributed by atoms with Gasteiger partial charge < -0.3 is 15.0 Å². The molecule has 1 fully saturated rings. The zero-order valence-corrected chi connectivity index (χ0v) is 14.4. The van der Waals surface area contributed by atoms with Gasteiger partial charge in [0.05, 0.1) is 6.20 Å². The molecule has 2 heterocycles. The predicted molar refractivity (Wildman–Crippen MR) is 91.9 cm³/mol. The van der Waals surface area contributed by atoms with E-state index in [2.05, 4.69) is 20.2 Å². The smallest absolute Gasteiger partial charge is 0.260 e. The van der Waals surface area contributed by atoms with Gasteiger partial charge in [0, 0.05) is 37.6 Å². The fraction of sp³-hybridized carbons (Fsp3) is 0.389. The van der Waals surface area contributed by atoms with Crippen LogP contribution in [0.25, 0.3) is 0 Å². The van der Waals surface area contributed by atoms with Gasteiger partial charge in [-0.2, -0.15) is 0 Å². The van der Waals surface area contributed by atoms with E-state index < -0.39 is 17.7 Å². The Morgan fingerprint density at radius 3 is 2.73 bits per heavy atom. The minimum atomic E-state index is -0.881. The summed E-state index contributed by atoms with van der Waals surface area (Å²) in [7, 11) is 0. The molecule has 3 rings (SSSR count). The van der Waals surface area contributed by atoms with Crippen molar-refractivity contribution in [3.63, 3.8) is 0 Å². The maximum Gasteiger partial charge on any atom is 0.260 e. The van der Waals surface area contributed by atoms with E-state index in [-0.39, 0.29) is 17.7 Å². The summed E-state index contributed by atoms with van der Waals surface area (Å²) in [4.78, 5) is 22.7. The highest BCUT2D eigenvalue weighted by atomic mass is 19.1. The molecule has 1 atom stereocenters. The average molecular weight is 362 g/mol. The van der Waals surface area contributed by atoms with Crippen LogP contribution < -0.4 is 15.0 Å². The molecule has 0 bridgehead atoms. The number of aromatic nitrogens is 2. The molecular formula is C18H20F2N4O2. The third-order valence-electron chi connectivity index (χ3n) is 4.28. The van der Waals surface area contributed by atoms with Crippen molar-refractivity contribution in [1.29, 1.82) is 0 Å². The van der Waals surface area contributed by atoms with Gasteiger partial charge in [-0.1, -0.05) is 0 Å². The highest BCUT2D eigenvalue weighted by Crippen LogP contribution is 2.20. The molecule has 1 aliphatic rings. The molecule has 1 amide bonds. The van der Waals surface area contributed by atoms with Crippen molar-refractivity contribution in [3.8, 4) is 5.75 Å². The van der Waals surface area contributed by atoms with Crippen LogP contribution in [0.1, 0.15) is 19.8 Å². The molecule has 1 saturated heterocycles. The molecule has 0 radical (unpaired) electrons. The van der Waals surface area contributed by atoms with Crippen LogP contribution in [0.2, 0.25) is 0 Å². The van der Waals surface area contributed by atoms with Gasteiger partial charge in [-0.15, -0.1) is 0 Å². The summed E-state index contributed by atoms with van der Waals surface area (Å²) in [5.41, 5.74) is 0. The largest absolute Gasteiger partial charge is 0.478 e. The summed E-state index contributed by atoms with van der Waals surface area (Å²) in [5.74, 6) is -1.18. The summed E-state index contributed by atoms with van der Waals surface area (Å²) >= 11 is 0. The van der Waals surface area contributed by atoms with E-state index in [1.165, 1.54) is 13.0 Å². The number of hydrogen-bond acceptors (Lipinski definition) is 5. The number of anilines is 1. The number of halogens is 2. The van der Waals surface area contributed by atoms with Crippen LogP contribution in [-0.4, -0.2) is 41.1 Å². The normalized spacial score (nSPS) is 16.2. The van der Waals surface area contributed by atoms with Crippen molar-refractivity contribution in [2.24, 2.45) is 0 Å². The second-order valence-corrected chi connectivity index (χ2v) is 6.17. The quantitative estimate of drug-likeness (QED) is 0.884. The number of carbonyl (C=O) groups is 1. The molecular weight excluding hydrogens is 342 g/mol. The summed E-state index contributed by atoms with van der Waals surface area (Å²) in [6.45, 7) is 3.05. The Morgan fingerprint density at radius 1 is 1.31 bits per heavy atom. The Morgan fingerprint density at radius 2 is 2.08 bits per heavy atom. The van der Waals surface area contributed by atoms with Crippen LogP contribution in [0.5, 0.6) is 5.75 Å². The Hall–Kier alpha value is -2.77. The van der Waals surface area contributed by atoms with E-state index in [1.807, 2.05) is 0 Å². The van der Waals surface area contributed by atoms with Crippen LogP contribution in [0, 0.1) is 11.6 Å². The fourth-order valence-corrected chi connectivity index (χ4v) is 2.84. The van der Waals surface area contributed by atoms with E-state index in [0.717, 1.165) is 43.9 Å². The van der Waals surface area contributed by atoms with Crippen LogP contribution >= 0.6 is 0 Å². The zero-order valence-electron chi connectivity index (χ0n) is 14.4. The number of rotatable bonds is 5. The van der Waals surface area contributed by atoms with Crippen molar-refractivity contribution in [1.82, 2.24) is 15.3 Å². The van der Waals surface area contributed by atoms with Gasteiger partial charge in [0.25, 0.3) is 5.91 Å². The molecule has 0 aliphatic carbocycles. The first-order valence-electron chi connectivity index (χ1n) is 8.46. The van der Waals surface area contributed by atoms with Gasteiger partial charge in [-0.05, 0) is 31.9 Å². The minimum Gasteiger partial charge on any atom is -0.478 e. The van der Waals surface area contributed by atoms with Crippen molar-refractivity contribution >= 4 is 11.7 Å². The molecule has 0 spiro atoms. The molecule has 26 heavy (non-hydrogen) atoms. The van der Waals surface area contributed by atoms with Gasteiger partial charge >= 0.3 is 0 Å². The van der Waals surface area contributed by atoms with Crippen LogP contribution in [0.3, 0.4) is 0 Å². The third kappa shape index (κ3) is 4.44. The van der Waals surface area contributed by atoms with Crippen molar-refractivity contribution in [3.05, 3.63) is 48.4 Å². The number of benzene rings is 1. The highest BCUT2D eigenvalue weighted by molar-refractivity contribution is 5.81. The first-order chi connectivity index (χ1) is 12.5. The van der Waals surface area contributed by atoms with E-state index in [9.17, 15) is 13.6 Å². The maximum atomic E-state index is 13.6. The van der Waals surface area contributed by atoms with Crippen LogP contribution in [0.15, 0.2) is 36.8 Å². The molecule has 8 heteroatoms. The number of nitrogens with zero attached hydrogens (tertiary/aromatic N) is 3. The number of piperidine rings is 1. The first-order valence-corrected chi connectivity index (χ1v) is 8.46. The number of amides is 1. The summed E-state index contributed by atoms with van der Waals surface area (Å²) in [6.07, 6.45) is 5.64. The molecule has 2 aromatic rings. The summed E-state index contributed by atoms with van der Waals surface area (Å²) in [6, 6.07) is 3.00. The van der Waals surface area contributed by atoms with E-state index in [4.69, 9.17) is 4.74 Å². The van der Waals surface area contributed by atoms with Crippen LogP contribution in [-0.2, 0) is 4.79 Å². The molecule has 1 aromatic heterocycles. The molecule has 6 nitrogen and oxygen atoms in total. The summed E-state index contributed by atoms with van der Waals surface area (Å²) < 4.78 is 31.9. The monoisotopic (exact) mass is 362 g/mol. The zero-order chi connectivity index (χ0) is 18.5. The van der Waals surface area contributed by atoms with Crippen molar-refractivity contribution in [2.45, 2.75) is 31.9 Å². The lowest BCUT2D eigenvalue weighted by Gasteiger charge is -2.33. The lowest BCUT2D eigenvalue weighted by molar-refractivity contribution is -0.128. The predicted octanol–water partition coefficient (Wildman–Crippen LogP) is 2.31. The summed E-state index contributed by atoms with van der Waals surface area (Å²) in [5, 5.41) is 2.92. The van der Waals surface area contributed by atoms with Gasteiger partial charge in [0.2, 0.25) is 0 Å². The SMILES string of the molecule is C[C@@H](Oc1ccc(F)cc1F)C(=O)NC1CCN(c2cnccn2)CC1. The maximum absolute atomic E-state index is 13.6. The number of hydrogen-bond donors (Lipinski definition) is 1. The highest BCUT2D eigenvalue weighted by Gasteiger charge is 2.24. The second-order valence-electron chi connectivity index (χ2n) is 6.17. The van der Waals surface area contributed by atoms with Gasteiger partial charge in [-0.25, -0.2) is 13.8 Å². The van der Waals surface area contributed by atoms with Crippen molar-refractivity contribution < 1.29 is 18.3 Å². The van der Waals surface area contributed by atoms with Gasteiger partial charge in [0.1, 0.15) is 11.6 Å². The van der Waals surface area contributed by atoms with Gasteiger partial charge in [-0.3, -0.25) is 9.78 Å². The topological polar surface area (TPSA) is 67.3 Å². The molecule has 0 unspecified atom stereocenters. The van der Waals surface area contributed by atoms with E-state index >= 15 is 0 Å². The van der Waals surface area contributed by atoms with Crippen molar-refractivity contribution in [2.75, 3.05) is 18.0 Å². The number of carbonyl (C=O) groups excluding carboxylic acids is 1. The Labute approximate surface area is 150 Å². The molecule has 1 N–H and O–H groups in total. The number of ether oxygens (including phenoxy) is 1. The average Bonchev–Trinajstić information content (AvgIpc) is 2.65. The Kier molecular flexibility index (Phi) is 5.60. The number of nitrogens with one attached hydrogen (secondary N) is 1. The van der Waals surface area contributed by atoms with Crippen LogP contribution in [0.4, 0.5) is 14.6 Å². The molecule has 1 aromatic carbocycles. The Balaban J connectivity index is 1.49. The standard InChI is InChI=1S/C18H20F2N4O2/c1-12(26-16-3-2-13(19)10-15(16)20)18(25)23-14-4-8-24(9-5-14)17-11-21-6-7-22-17/h2-3,6-7,10-12,14H,4-5,8-9H2,1H3,(H,23,25)/t12-/m1/s1. The lowest BCUT2D eigenvalue weighted by atomic mass is 10.0.